The van der Waals surface area contributed by atoms with Gasteiger partial charge in [0, 0.05) is 0 Å². The zero-order chi connectivity index (χ0) is 24.2. The van der Waals surface area contributed by atoms with Crippen molar-refractivity contribution in [3.63, 3.8) is 0 Å². The first-order valence-electron chi connectivity index (χ1n) is 11.8. The molecule has 0 saturated carbocycles. The Bertz CT molecular complexity index is 1040. The van der Waals surface area contributed by atoms with Crippen LogP contribution in [0.15, 0.2) is 62.9 Å². The highest BCUT2D eigenvalue weighted by atomic mass is 16.5. The number of ether oxygens (including phenoxy) is 3. The molecule has 0 aliphatic heterocycles. The molecule has 1 heterocycles. The second-order valence-corrected chi connectivity index (χ2v) is 8.54. The lowest BCUT2D eigenvalue weighted by Gasteiger charge is -2.17. The Morgan fingerprint density at radius 2 is 1.82 bits per heavy atom. The maximum atomic E-state index is 12.8. The molecule has 1 aromatic carbocycles. The van der Waals surface area contributed by atoms with Crippen molar-refractivity contribution in [1.29, 1.82) is 0 Å². The van der Waals surface area contributed by atoms with E-state index < -0.39 is 5.63 Å². The lowest BCUT2D eigenvalue weighted by Crippen LogP contribution is -2.14. The molecular weight excluding hydrogens is 416 g/mol. The van der Waals surface area contributed by atoms with Crippen LogP contribution in [0.5, 0.6) is 17.2 Å². The van der Waals surface area contributed by atoms with Gasteiger partial charge in [0.05, 0.1) is 12.7 Å². The van der Waals surface area contributed by atoms with Crippen LogP contribution in [0.1, 0.15) is 67.2 Å². The largest absolute Gasteiger partial charge is 0.492 e. The predicted octanol–water partition coefficient (Wildman–Crippen LogP) is 7.39. The van der Waals surface area contributed by atoms with Crippen molar-refractivity contribution in [2.75, 3.05) is 13.2 Å². The Kier molecular flexibility index (Phi) is 10.8. The van der Waals surface area contributed by atoms with Crippen molar-refractivity contribution in [1.82, 2.24) is 0 Å². The average molecular weight is 455 g/mol. The number of hydrogen-bond donors (Lipinski definition) is 0. The van der Waals surface area contributed by atoms with Crippen LogP contribution in [0.4, 0.5) is 0 Å². The molecule has 0 fully saturated rings. The molecule has 5 nitrogen and oxygen atoms in total. The second-order valence-electron chi connectivity index (χ2n) is 8.54. The highest BCUT2D eigenvalue weighted by Crippen LogP contribution is 2.39. The van der Waals surface area contributed by atoms with Crippen molar-refractivity contribution < 1.29 is 18.6 Å². The first-order chi connectivity index (χ1) is 15.8. The molecule has 0 spiro atoms. The van der Waals surface area contributed by atoms with Crippen LogP contribution < -0.4 is 19.8 Å². The second kappa shape index (κ2) is 13.6. The van der Waals surface area contributed by atoms with E-state index in [0.29, 0.717) is 29.1 Å². The van der Waals surface area contributed by atoms with Gasteiger partial charge in [-0.2, -0.15) is 0 Å². The van der Waals surface area contributed by atoms with E-state index >= 15 is 0 Å². The van der Waals surface area contributed by atoms with E-state index in [-0.39, 0.29) is 18.5 Å². The number of benzene rings is 1. The summed E-state index contributed by atoms with van der Waals surface area (Å²) in [7, 11) is 0. The molecule has 0 radical (unpaired) electrons. The maximum Gasteiger partial charge on any atom is 0.383 e. The zero-order valence-electron chi connectivity index (χ0n) is 20.9. The topological polar surface area (TPSA) is 57.9 Å². The van der Waals surface area contributed by atoms with Crippen LogP contribution in [-0.4, -0.2) is 19.3 Å². The Balaban J connectivity index is 2.33. The molecule has 0 saturated heterocycles. The van der Waals surface area contributed by atoms with Crippen LogP contribution >= 0.6 is 0 Å². The van der Waals surface area contributed by atoms with E-state index in [0.717, 1.165) is 25.7 Å². The Morgan fingerprint density at radius 3 is 2.52 bits per heavy atom. The van der Waals surface area contributed by atoms with Gasteiger partial charge in [-0.25, -0.2) is 4.79 Å². The van der Waals surface area contributed by atoms with Gasteiger partial charge in [0.1, 0.15) is 23.3 Å². The van der Waals surface area contributed by atoms with Crippen LogP contribution in [0.2, 0.25) is 0 Å². The zero-order valence-corrected chi connectivity index (χ0v) is 20.9. The highest BCUT2D eigenvalue weighted by molar-refractivity contribution is 5.91. The summed E-state index contributed by atoms with van der Waals surface area (Å²) in [5, 5.41) is 0.615. The lowest BCUT2D eigenvalue weighted by atomic mass is 10.1. The smallest absolute Gasteiger partial charge is 0.383 e. The van der Waals surface area contributed by atoms with Crippen LogP contribution in [0, 0.1) is 0 Å². The molecule has 5 heteroatoms. The van der Waals surface area contributed by atoms with Crippen molar-refractivity contribution in [2.45, 2.75) is 73.3 Å². The maximum absolute atomic E-state index is 12.8. The molecule has 180 valence electrons. The Hall–Kier alpha value is -2.95. The number of hydrogen-bond acceptors (Lipinski definition) is 5. The van der Waals surface area contributed by atoms with Crippen molar-refractivity contribution in [3.05, 3.63) is 64.1 Å². The summed E-state index contributed by atoms with van der Waals surface area (Å²) in [6, 6.07) is 5.40. The summed E-state index contributed by atoms with van der Waals surface area (Å²) in [5.74, 6) is 1.05. The van der Waals surface area contributed by atoms with E-state index in [2.05, 4.69) is 45.9 Å². The van der Waals surface area contributed by atoms with Gasteiger partial charge in [0.25, 0.3) is 0 Å². The monoisotopic (exact) mass is 454 g/mol. The van der Waals surface area contributed by atoms with E-state index in [4.69, 9.17) is 18.6 Å². The van der Waals surface area contributed by atoms with Gasteiger partial charge in [-0.1, -0.05) is 42.4 Å². The molecule has 0 amide bonds. The molecule has 0 bridgehead atoms. The Labute approximate surface area is 197 Å². The summed E-state index contributed by atoms with van der Waals surface area (Å²) >= 11 is 0. The normalized spacial score (nSPS) is 11.9. The van der Waals surface area contributed by atoms with E-state index in [1.54, 1.807) is 12.1 Å². The van der Waals surface area contributed by atoms with Crippen LogP contribution in [0.25, 0.3) is 11.0 Å². The Morgan fingerprint density at radius 1 is 1.03 bits per heavy atom. The lowest BCUT2D eigenvalue weighted by molar-refractivity contribution is 0.223. The molecule has 33 heavy (non-hydrogen) atoms. The molecule has 2 rings (SSSR count). The standard InChI is InChI=1S/C28H38O5/c1-7-8-9-10-18-30-23-15-12-16-24-25(23)26(32-21(4)5)27(28(29)33-24)31-19-17-22(6)14-11-13-20(2)3/h8-9,12-13,15-17,21H,7,10-11,14,18-19H2,1-6H3/b9-8?,22-17+. The number of fused-ring (bicyclic) bond motifs is 1. The minimum Gasteiger partial charge on any atom is -0.492 e. The van der Waals surface area contributed by atoms with E-state index in [1.807, 2.05) is 26.0 Å². The molecule has 2 aromatic rings. The van der Waals surface area contributed by atoms with Gasteiger partial charge >= 0.3 is 5.63 Å². The number of rotatable bonds is 13. The van der Waals surface area contributed by atoms with E-state index in [1.165, 1.54) is 11.1 Å². The SMILES string of the molecule is CCC=CCCOc1cccc2oc(=O)c(OC/C=C(\C)CCC=C(C)C)c(OC(C)C)c12. The van der Waals surface area contributed by atoms with E-state index in [9.17, 15) is 4.79 Å². The predicted molar refractivity (Wildman–Crippen MR) is 136 cm³/mol. The van der Waals surface area contributed by atoms with Crippen molar-refractivity contribution in [2.24, 2.45) is 0 Å². The van der Waals surface area contributed by atoms with Gasteiger partial charge in [0.15, 0.2) is 5.75 Å². The summed E-state index contributed by atoms with van der Waals surface area (Å²) < 4.78 is 23.6. The third-order valence-electron chi connectivity index (χ3n) is 4.86. The van der Waals surface area contributed by atoms with Crippen LogP contribution in [-0.2, 0) is 0 Å². The molecule has 0 aliphatic carbocycles. The van der Waals surface area contributed by atoms with Gasteiger partial charge in [-0.3, -0.25) is 0 Å². The molecule has 0 N–H and O–H groups in total. The van der Waals surface area contributed by atoms with Gasteiger partial charge in [-0.15, -0.1) is 0 Å². The summed E-state index contributed by atoms with van der Waals surface area (Å²) in [6.45, 7) is 13.0. The highest BCUT2D eigenvalue weighted by Gasteiger charge is 2.22. The number of allylic oxidation sites excluding steroid dienone is 4. The fourth-order valence-corrected chi connectivity index (χ4v) is 3.24. The first kappa shape index (κ1) is 26.3. The third-order valence-corrected chi connectivity index (χ3v) is 4.86. The van der Waals surface area contributed by atoms with Gasteiger partial charge in [-0.05, 0) is 78.5 Å². The molecular formula is C28H38O5. The van der Waals surface area contributed by atoms with Gasteiger partial charge in [0.2, 0.25) is 5.75 Å². The first-order valence-corrected chi connectivity index (χ1v) is 11.8. The van der Waals surface area contributed by atoms with Gasteiger partial charge < -0.3 is 18.6 Å². The quantitative estimate of drug-likeness (QED) is 0.179. The average Bonchev–Trinajstić information content (AvgIpc) is 2.74. The fraction of sp³-hybridized carbons (Fsp3) is 0.464. The summed E-state index contributed by atoms with van der Waals surface area (Å²) in [5.41, 5.74) is 2.37. The minimum absolute atomic E-state index is 0.0754. The van der Waals surface area contributed by atoms with Crippen LogP contribution in [0.3, 0.4) is 0 Å². The summed E-state index contributed by atoms with van der Waals surface area (Å²) in [4.78, 5) is 12.8. The molecule has 0 aliphatic rings. The molecule has 0 unspecified atom stereocenters. The molecule has 0 atom stereocenters. The van der Waals surface area contributed by atoms with Crippen molar-refractivity contribution in [3.8, 4) is 17.2 Å². The third kappa shape index (κ3) is 8.49. The van der Waals surface area contributed by atoms with Crippen molar-refractivity contribution >= 4 is 11.0 Å². The molecule has 1 aromatic heterocycles. The fourth-order valence-electron chi connectivity index (χ4n) is 3.24. The minimum atomic E-state index is -0.559. The summed E-state index contributed by atoms with van der Waals surface area (Å²) in [6.07, 6.45) is 12.0.